The van der Waals surface area contributed by atoms with E-state index in [1.807, 2.05) is 34.7 Å². The van der Waals surface area contributed by atoms with E-state index >= 15 is 0 Å². The molecule has 4 heterocycles. The number of para-hydroxylation sites is 1. The third kappa shape index (κ3) is 2.67. The lowest BCUT2D eigenvalue weighted by Crippen LogP contribution is -2.20. The van der Waals surface area contributed by atoms with Gasteiger partial charge in [0.25, 0.3) is 5.56 Å². The minimum absolute atomic E-state index is 0.0999. The van der Waals surface area contributed by atoms with Gasteiger partial charge in [0.1, 0.15) is 18.1 Å². The zero-order valence-electron chi connectivity index (χ0n) is 14.8. The largest absolute Gasteiger partial charge is 0.467 e. The first kappa shape index (κ1) is 16.7. The molecule has 0 saturated heterocycles. The van der Waals surface area contributed by atoms with Crippen molar-refractivity contribution < 1.29 is 4.42 Å². The van der Waals surface area contributed by atoms with Crippen LogP contribution in [0.1, 0.15) is 11.6 Å². The average molecular weight is 394 g/mol. The molecule has 0 aliphatic rings. The molecule has 0 aliphatic carbocycles. The first-order valence-electron chi connectivity index (χ1n) is 8.45. The van der Waals surface area contributed by atoms with Crippen molar-refractivity contribution in [2.45, 2.75) is 17.5 Å². The highest BCUT2D eigenvalue weighted by Crippen LogP contribution is 2.22. The molecule has 0 atom stereocenters. The van der Waals surface area contributed by atoms with Crippen molar-refractivity contribution in [2.75, 3.05) is 0 Å². The molecular formula is C17H14N8O2S. The summed E-state index contributed by atoms with van der Waals surface area (Å²) in [6.45, 7) is 0.445. The van der Waals surface area contributed by atoms with E-state index in [0.29, 0.717) is 34.4 Å². The molecule has 4 aromatic heterocycles. The molecule has 28 heavy (non-hydrogen) atoms. The third-order valence-electron chi connectivity index (χ3n) is 4.41. The third-order valence-corrected chi connectivity index (χ3v) is 5.36. The maximum atomic E-state index is 12.5. The Hall–Kier alpha value is -3.47. The van der Waals surface area contributed by atoms with Crippen LogP contribution >= 0.6 is 11.8 Å². The summed E-state index contributed by atoms with van der Waals surface area (Å²) in [7, 11) is 1.69. The minimum Gasteiger partial charge on any atom is -0.467 e. The minimum atomic E-state index is -0.0999. The van der Waals surface area contributed by atoms with Gasteiger partial charge in [-0.15, -0.1) is 15.3 Å². The Morgan fingerprint density at radius 2 is 2.00 bits per heavy atom. The van der Waals surface area contributed by atoms with Crippen LogP contribution in [0.5, 0.6) is 0 Å². The van der Waals surface area contributed by atoms with Crippen LogP contribution in [0.25, 0.3) is 16.7 Å². The second-order valence-electron chi connectivity index (χ2n) is 6.12. The molecule has 0 N–H and O–H groups in total. The molecule has 0 amide bonds. The molecular weight excluding hydrogens is 380 g/mol. The number of rotatable bonds is 5. The summed E-state index contributed by atoms with van der Waals surface area (Å²) in [5, 5.41) is 21.6. The summed E-state index contributed by atoms with van der Waals surface area (Å²) in [4.78, 5) is 12.5. The van der Waals surface area contributed by atoms with Gasteiger partial charge < -0.3 is 4.42 Å². The van der Waals surface area contributed by atoms with Crippen LogP contribution in [-0.2, 0) is 19.3 Å². The molecule has 0 spiro atoms. The van der Waals surface area contributed by atoms with Gasteiger partial charge in [-0.25, -0.2) is 4.68 Å². The van der Waals surface area contributed by atoms with Crippen molar-refractivity contribution in [1.82, 2.24) is 39.4 Å². The van der Waals surface area contributed by atoms with E-state index in [4.69, 9.17) is 4.42 Å². The lowest BCUT2D eigenvalue weighted by atomic mass is 10.2. The van der Waals surface area contributed by atoms with Gasteiger partial charge in [-0.1, -0.05) is 23.9 Å². The molecule has 0 bridgehead atoms. The fourth-order valence-electron chi connectivity index (χ4n) is 3.06. The predicted molar refractivity (Wildman–Crippen MR) is 101 cm³/mol. The quantitative estimate of drug-likeness (QED) is 0.413. The highest BCUT2D eigenvalue weighted by atomic mass is 32.2. The zero-order chi connectivity index (χ0) is 19.1. The van der Waals surface area contributed by atoms with Crippen LogP contribution in [0.15, 0.2) is 57.0 Å². The second kappa shape index (κ2) is 6.60. The standard InChI is InChI=1S/C17H14N8O2S/c1-23-15(26)12-6-2-3-7-13(12)25-14(18-19-16(23)25)10-28-17-20-21-22-24(17)9-11-5-4-8-27-11/h2-8H,9-10H2,1H3. The summed E-state index contributed by atoms with van der Waals surface area (Å²) in [5.41, 5.74) is 0.675. The summed E-state index contributed by atoms with van der Waals surface area (Å²) >= 11 is 1.44. The smallest absolute Gasteiger partial charge is 0.262 e. The van der Waals surface area contributed by atoms with Crippen LogP contribution in [0, 0.1) is 0 Å². The molecule has 0 fully saturated rings. The number of hydrogen-bond donors (Lipinski definition) is 0. The lowest BCUT2D eigenvalue weighted by molar-refractivity contribution is 0.462. The highest BCUT2D eigenvalue weighted by Gasteiger charge is 2.16. The molecule has 0 radical (unpaired) electrons. The van der Waals surface area contributed by atoms with Gasteiger partial charge >= 0.3 is 0 Å². The Bertz CT molecular complexity index is 1330. The molecule has 0 aliphatic heterocycles. The van der Waals surface area contributed by atoms with E-state index < -0.39 is 0 Å². The summed E-state index contributed by atoms with van der Waals surface area (Å²) in [6, 6.07) is 11.1. The number of benzene rings is 1. The Labute approximate surface area is 161 Å². The summed E-state index contributed by atoms with van der Waals surface area (Å²) in [6.07, 6.45) is 1.62. The monoisotopic (exact) mass is 394 g/mol. The molecule has 5 aromatic rings. The molecule has 1 aromatic carbocycles. The van der Waals surface area contributed by atoms with Crippen LogP contribution in [0.4, 0.5) is 0 Å². The number of nitrogens with zero attached hydrogens (tertiary/aromatic N) is 8. The fraction of sp³-hybridized carbons (Fsp3) is 0.176. The van der Waals surface area contributed by atoms with Crippen LogP contribution in [0.3, 0.4) is 0 Å². The van der Waals surface area contributed by atoms with E-state index in [9.17, 15) is 4.79 Å². The van der Waals surface area contributed by atoms with Crippen molar-refractivity contribution in [3.05, 3.63) is 64.6 Å². The Morgan fingerprint density at radius 1 is 1.11 bits per heavy atom. The number of thioether (sulfide) groups is 1. The highest BCUT2D eigenvalue weighted by molar-refractivity contribution is 7.98. The lowest BCUT2D eigenvalue weighted by Gasteiger charge is -2.07. The van der Waals surface area contributed by atoms with Crippen LogP contribution in [-0.4, -0.2) is 39.4 Å². The van der Waals surface area contributed by atoms with E-state index in [2.05, 4.69) is 25.7 Å². The molecule has 0 unspecified atom stereocenters. The number of aryl methyl sites for hydroxylation is 1. The Balaban J connectivity index is 1.51. The van der Waals surface area contributed by atoms with Crippen molar-refractivity contribution in [3.8, 4) is 0 Å². The Kier molecular flexibility index (Phi) is 3.93. The van der Waals surface area contributed by atoms with E-state index in [-0.39, 0.29) is 5.56 Å². The van der Waals surface area contributed by atoms with E-state index in [1.165, 1.54) is 16.3 Å². The van der Waals surface area contributed by atoms with E-state index in [0.717, 1.165) is 11.3 Å². The van der Waals surface area contributed by atoms with Crippen molar-refractivity contribution in [2.24, 2.45) is 7.05 Å². The first-order valence-corrected chi connectivity index (χ1v) is 9.44. The summed E-state index contributed by atoms with van der Waals surface area (Å²) in [5.74, 6) is 2.46. The van der Waals surface area contributed by atoms with Gasteiger partial charge in [0, 0.05) is 7.05 Å². The average Bonchev–Trinajstić information content (AvgIpc) is 3.46. The van der Waals surface area contributed by atoms with Crippen LogP contribution in [0.2, 0.25) is 0 Å². The van der Waals surface area contributed by atoms with Gasteiger partial charge in [0.05, 0.1) is 22.9 Å². The Morgan fingerprint density at radius 3 is 2.86 bits per heavy atom. The number of hydrogen-bond acceptors (Lipinski definition) is 8. The van der Waals surface area contributed by atoms with Gasteiger partial charge in [0.15, 0.2) is 0 Å². The molecule has 11 heteroatoms. The summed E-state index contributed by atoms with van der Waals surface area (Å²) < 4.78 is 10.4. The topological polar surface area (TPSA) is 109 Å². The first-order chi connectivity index (χ1) is 13.7. The maximum absolute atomic E-state index is 12.5. The molecule has 5 rings (SSSR count). The molecule has 10 nitrogen and oxygen atoms in total. The van der Waals surface area contributed by atoms with E-state index in [1.54, 1.807) is 24.1 Å². The molecule has 140 valence electrons. The van der Waals surface area contributed by atoms with Crippen molar-refractivity contribution in [3.63, 3.8) is 0 Å². The predicted octanol–water partition coefficient (Wildman–Crippen LogP) is 1.50. The van der Waals surface area contributed by atoms with Gasteiger partial charge in [-0.3, -0.25) is 13.8 Å². The molecule has 0 saturated carbocycles. The normalized spacial score (nSPS) is 11.6. The number of tetrazole rings is 1. The SMILES string of the molecule is Cn1c(=O)c2ccccc2n2c(CSc3nnnn3Cc3ccco3)nnc12. The maximum Gasteiger partial charge on any atom is 0.262 e. The van der Waals surface area contributed by atoms with Crippen molar-refractivity contribution >= 4 is 28.4 Å². The van der Waals surface area contributed by atoms with Gasteiger partial charge in [-0.05, 0) is 34.7 Å². The van der Waals surface area contributed by atoms with Gasteiger partial charge in [-0.2, -0.15) is 0 Å². The number of furan rings is 1. The van der Waals surface area contributed by atoms with Crippen molar-refractivity contribution in [1.29, 1.82) is 0 Å². The zero-order valence-corrected chi connectivity index (χ0v) is 15.6. The number of fused-ring (bicyclic) bond motifs is 3. The van der Waals surface area contributed by atoms with Gasteiger partial charge in [0.2, 0.25) is 10.9 Å². The number of aromatic nitrogens is 8. The van der Waals surface area contributed by atoms with Crippen LogP contribution < -0.4 is 5.56 Å². The fourth-order valence-corrected chi connectivity index (χ4v) is 3.85. The second-order valence-corrected chi connectivity index (χ2v) is 7.06.